The molecule has 1 aromatic carbocycles. The van der Waals surface area contributed by atoms with Gasteiger partial charge in [-0.15, -0.1) is 11.3 Å². The molecule has 0 saturated carbocycles. The Hall–Kier alpha value is -1.53. The van der Waals surface area contributed by atoms with Gasteiger partial charge < -0.3 is 4.74 Å². The van der Waals surface area contributed by atoms with Crippen LogP contribution in [0.2, 0.25) is 0 Å². The Kier molecular flexibility index (Phi) is 2.14. The number of nitrogens with zero attached hydrogens (tertiary/aromatic N) is 1. The second-order valence-corrected chi connectivity index (χ2v) is 4.32. The average molecular weight is 203 g/mol. The number of aryl methyl sites for hydroxylation is 1. The largest absolute Gasteiger partial charge is 0.495 e. The molecule has 0 aliphatic rings. The summed E-state index contributed by atoms with van der Waals surface area (Å²) in [6.45, 7) is 2.05. The minimum atomic E-state index is 0.646. The second-order valence-electron chi connectivity index (χ2n) is 3.07. The maximum absolute atomic E-state index is 8.82. The van der Waals surface area contributed by atoms with E-state index in [1.807, 2.05) is 6.07 Å². The van der Waals surface area contributed by atoms with E-state index in [2.05, 4.69) is 19.1 Å². The second kappa shape index (κ2) is 3.32. The van der Waals surface area contributed by atoms with E-state index in [0.717, 1.165) is 15.8 Å². The molecule has 3 heteroatoms. The molecule has 0 aliphatic heterocycles. The summed E-state index contributed by atoms with van der Waals surface area (Å²) >= 11 is 1.69. The summed E-state index contributed by atoms with van der Waals surface area (Å²) in [6.07, 6.45) is 0. The third kappa shape index (κ3) is 1.34. The van der Waals surface area contributed by atoms with Crippen molar-refractivity contribution in [1.82, 2.24) is 0 Å². The van der Waals surface area contributed by atoms with Crippen molar-refractivity contribution >= 4 is 21.4 Å². The molecule has 0 fully saturated rings. The Labute approximate surface area is 86.4 Å². The van der Waals surface area contributed by atoms with Gasteiger partial charge in [-0.3, -0.25) is 0 Å². The molecule has 0 N–H and O–H groups in total. The highest BCUT2D eigenvalue weighted by Crippen LogP contribution is 2.34. The highest BCUT2D eigenvalue weighted by Gasteiger charge is 2.06. The Morgan fingerprint density at radius 3 is 2.79 bits per heavy atom. The van der Waals surface area contributed by atoms with Crippen molar-refractivity contribution in [1.29, 1.82) is 5.26 Å². The van der Waals surface area contributed by atoms with Gasteiger partial charge in [-0.25, -0.2) is 0 Å². The number of rotatable bonds is 1. The molecule has 0 radical (unpaired) electrons. The minimum Gasteiger partial charge on any atom is -0.495 e. The fraction of sp³-hybridized carbons (Fsp3) is 0.182. The summed E-state index contributed by atoms with van der Waals surface area (Å²) in [5.41, 5.74) is 0.646. The number of hydrogen-bond acceptors (Lipinski definition) is 3. The van der Waals surface area contributed by atoms with E-state index < -0.39 is 0 Å². The first kappa shape index (κ1) is 9.04. The third-order valence-corrected chi connectivity index (χ3v) is 3.14. The van der Waals surface area contributed by atoms with Crippen LogP contribution in [0.25, 0.3) is 10.1 Å². The van der Waals surface area contributed by atoms with Crippen LogP contribution in [0.5, 0.6) is 5.75 Å². The summed E-state index contributed by atoms with van der Waals surface area (Å²) in [7, 11) is 1.63. The first-order valence-electron chi connectivity index (χ1n) is 4.23. The normalized spacial score (nSPS) is 10.1. The maximum atomic E-state index is 8.82. The molecular weight excluding hydrogens is 194 g/mol. The van der Waals surface area contributed by atoms with Gasteiger partial charge in [0.05, 0.1) is 23.4 Å². The quantitative estimate of drug-likeness (QED) is 0.713. The zero-order valence-electron chi connectivity index (χ0n) is 8.00. The smallest absolute Gasteiger partial charge is 0.137 e. The molecule has 0 bridgehead atoms. The highest BCUT2D eigenvalue weighted by atomic mass is 32.1. The van der Waals surface area contributed by atoms with Crippen LogP contribution in [0, 0.1) is 18.3 Å². The number of ether oxygens (including phenoxy) is 1. The first-order valence-corrected chi connectivity index (χ1v) is 5.04. The monoisotopic (exact) mass is 203 g/mol. The lowest BCUT2D eigenvalue weighted by Gasteiger charge is -2.01. The molecule has 70 valence electrons. The van der Waals surface area contributed by atoms with Gasteiger partial charge in [0.25, 0.3) is 0 Å². The first-order chi connectivity index (χ1) is 6.74. The highest BCUT2D eigenvalue weighted by molar-refractivity contribution is 7.19. The SMILES string of the molecule is COc1cc(C#N)cc2cc(C)sc12. The van der Waals surface area contributed by atoms with Crippen LogP contribution in [0.15, 0.2) is 18.2 Å². The molecular formula is C11H9NOS. The summed E-state index contributed by atoms with van der Waals surface area (Å²) < 4.78 is 6.36. The zero-order valence-corrected chi connectivity index (χ0v) is 8.81. The molecule has 0 atom stereocenters. The molecule has 1 heterocycles. The van der Waals surface area contributed by atoms with Crippen LogP contribution >= 0.6 is 11.3 Å². The van der Waals surface area contributed by atoms with Crippen LogP contribution in [0.1, 0.15) is 10.4 Å². The number of nitriles is 1. The van der Waals surface area contributed by atoms with Gasteiger partial charge in [0.1, 0.15) is 5.75 Å². The van der Waals surface area contributed by atoms with E-state index in [0.29, 0.717) is 5.56 Å². The summed E-state index contributed by atoms with van der Waals surface area (Å²) in [5, 5.41) is 9.91. The van der Waals surface area contributed by atoms with E-state index in [-0.39, 0.29) is 0 Å². The van der Waals surface area contributed by atoms with Gasteiger partial charge in [-0.2, -0.15) is 5.26 Å². The number of hydrogen-bond donors (Lipinski definition) is 0. The van der Waals surface area contributed by atoms with Crippen LogP contribution in [0.4, 0.5) is 0 Å². The molecule has 0 unspecified atom stereocenters. The molecule has 14 heavy (non-hydrogen) atoms. The van der Waals surface area contributed by atoms with Crippen LogP contribution in [0.3, 0.4) is 0 Å². The Morgan fingerprint density at radius 2 is 2.14 bits per heavy atom. The lowest BCUT2D eigenvalue weighted by Crippen LogP contribution is -1.83. The van der Waals surface area contributed by atoms with Crippen LogP contribution in [-0.4, -0.2) is 7.11 Å². The van der Waals surface area contributed by atoms with Gasteiger partial charge in [-0.05, 0) is 30.5 Å². The number of fused-ring (bicyclic) bond motifs is 1. The van der Waals surface area contributed by atoms with Crippen molar-refractivity contribution in [3.05, 3.63) is 28.6 Å². The van der Waals surface area contributed by atoms with Crippen LogP contribution < -0.4 is 4.74 Å². The fourth-order valence-corrected chi connectivity index (χ4v) is 2.45. The molecule has 2 rings (SSSR count). The summed E-state index contributed by atoms with van der Waals surface area (Å²) in [5.74, 6) is 0.789. The van der Waals surface area contributed by atoms with Gasteiger partial charge in [0.15, 0.2) is 0 Å². The minimum absolute atomic E-state index is 0.646. The van der Waals surface area contributed by atoms with E-state index in [4.69, 9.17) is 10.00 Å². The fourth-order valence-electron chi connectivity index (χ4n) is 1.47. The number of methoxy groups -OCH3 is 1. The van der Waals surface area contributed by atoms with Gasteiger partial charge in [0, 0.05) is 4.88 Å². The standard InChI is InChI=1S/C11H9NOS/c1-7-3-9-4-8(6-12)5-10(13-2)11(9)14-7/h3-5H,1-2H3. The van der Waals surface area contributed by atoms with Crippen molar-refractivity contribution in [2.24, 2.45) is 0 Å². The predicted octanol–water partition coefficient (Wildman–Crippen LogP) is 3.09. The van der Waals surface area contributed by atoms with Gasteiger partial charge >= 0.3 is 0 Å². The zero-order chi connectivity index (χ0) is 10.1. The Balaban J connectivity index is 2.80. The van der Waals surface area contributed by atoms with E-state index in [9.17, 15) is 0 Å². The van der Waals surface area contributed by atoms with Crippen molar-refractivity contribution < 1.29 is 4.74 Å². The number of thiophene rings is 1. The Morgan fingerprint density at radius 1 is 1.36 bits per heavy atom. The topological polar surface area (TPSA) is 33.0 Å². The van der Waals surface area contributed by atoms with Crippen LogP contribution in [-0.2, 0) is 0 Å². The number of benzene rings is 1. The molecule has 2 nitrogen and oxygen atoms in total. The van der Waals surface area contributed by atoms with Gasteiger partial charge in [-0.1, -0.05) is 0 Å². The predicted molar refractivity (Wildman–Crippen MR) is 57.8 cm³/mol. The van der Waals surface area contributed by atoms with Crippen molar-refractivity contribution in [2.45, 2.75) is 6.92 Å². The lowest BCUT2D eigenvalue weighted by atomic mass is 10.1. The molecule has 2 aromatic rings. The van der Waals surface area contributed by atoms with E-state index in [1.165, 1.54) is 4.88 Å². The van der Waals surface area contributed by atoms with Crippen molar-refractivity contribution in [3.63, 3.8) is 0 Å². The van der Waals surface area contributed by atoms with Crippen molar-refractivity contribution in [2.75, 3.05) is 7.11 Å². The van der Waals surface area contributed by atoms with Crippen molar-refractivity contribution in [3.8, 4) is 11.8 Å². The van der Waals surface area contributed by atoms with E-state index >= 15 is 0 Å². The molecule has 0 aliphatic carbocycles. The summed E-state index contributed by atoms with van der Waals surface area (Å²) in [6, 6.07) is 7.87. The lowest BCUT2D eigenvalue weighted by molar-refractivity contribution is 0.420. The van der Waals surface area contributed by atoms with Gasteiger partial charge in [0.2, 0.25) is 0 Å². The molecule has 0 amide bonds. The average Bonchev–Trinajstić information content (AvgIpc) is 2.56. The molecule has 1 aromatic heterocycles. The third-order valence-electron chi connectivity index (χ3n) is 2.05. The molecule has 0 saturated heterocycles. The molecule has 0 spiro atoms. The summed E-state index contributed by atoms with van der Waals surface area (Å²) in [4.78, 5) is 1.23. The Bertz CT molecular complexity index is 522. The van der Waals surface area contributed by atoms with E-state index in [1.54, 1.807) is 24.5 Å². The maximum Gasteiger partial charge on any atom is 0.137 e.